The van der Waals surface area contributed by atoms with E-state index in [2.05, 4.69) is 5.32 Å². The van der Waals surface area contributed by atoms with Gasteiger partial charge >= 0.3 is 5.97 Å². The second-order valence-electron chi connectivity index (χ2n) is 7.24. The van der Waals surface area contributed by atoms with Crippen molar-refractivity contribution < 1.29 is 33.0 Å². The molecule has 0 spiro atoms. The third-order valence-electron chi connectivity index (χ3n) is 5.04. The van der Waals surface area contributed by atoms with Crippen LogP contribution in [0.25, 0.3) is 0 Å². The number of esters is 1. The summed E-state index contributed by atoms with van der Waals surface area (Å²) < 4.78 is 29.0. The summed E-state index contributed by atoms with van der Waals surface area (Å²) in [5, 5.41) is 2.60. The van der Waals surface area contributed by atoms with Gasteiger partial charge in [0.15, 0.2) is 18.1 Å². The van der Waals surface area contributed by atoms with Gasteiger partial charge in [0, 0.05) is 31.3 Å². The van der Waals surface area contributed by atoms with Gasteiger partial charge < -0.3 is 24.4 Å². The molecule has 1 saturated heterocycles. The molecule has 1 atom stereocenters. The molecule has 1 unspecified atom stereocenters. The molecule has 2 amide bonds. The summed E-state index contributed by atoms with van der Waals surface area (Å²) in [5.41, 5.74) is 1.33. The Morgan fingerprint density at radius 3 is 2.61 bits per heavy atom. The standard InChI is InChI=1S/C22H21FN2O6/c23-16-3-1-14(2-4-16)11-24-20(26)13-31-22(28)15-9-21(27)25(12-15)17-5-6-18-19(10-17)30-8-7-29-18/h1-6,10,15H,7-9,11-13H2,(H,24,26). The molecule has 0 saturated carbocycles. The molecule has 2 aromatic rings. The summed E-state index contributed by atoms with van der Waals surface area (Å²) >= 11 is 0. The quantitative estimate of drug-likeness (QED) is 0.706. The van der Waals surface area contributed by atoms with Crippen LogP contribution in [0, 0.1) is 11.7 Å². The van der Waals surface area contributed by atoms with Crippen LogP contribution >= 0.6 is 0 Å². The summed E-state index contributed by atoms with van der Waals surface area (Å²) in [5.74, 6) is -1.15. The zero-order valence-electron chi connectivity index (χ0n) is 16.6. The average molecular weight is 428 g/mol. The number of nitrogens with zero attached hydrogens (tertiary/aromatic N) is 1. The largest absolute Gasteiger partial charge is 0.486 e. The molecule has 31 heavy (non-hydrogen) atoms. The Morgan fingerprint density at radius 1 is 1.10 bits per heavy atom. The Hall–Kier alpha value is -3.62. The van der Waals surface area contributed by atoms with Crippen molar-refractivity contribution in [3.63, 3.8) is 0 Å². The number of rotatable bonds is 6. The van der Waals surface area contributed by atoms with Crippen molar-refractivity contribution >= 4 is 23.5 Å². The summed E-state index contributed by atoms with van der Waals surface area (Å²) in [6, 6.07) is 10.9. The first-order chi connectivity index (χ1) is 15.0. The minimum atomic E-state index is -0.661. The highest BCUT2D eigenvalue weighted by molar-refractivity contribution is 5.99. The number of benzene rings is 2. The molecule has 0 radical (unpaired) electrons. The molecule has 1 N–H and O–H groups in total. The Balaban J connectivity index is 1.27. The minimum Gasteiger partial charge on any atom is -0.486 e. The highest BCUT2D eigenvalue weighted by Crippen LogP contribution is 2.36. The van der Waals surface area contributed by atoms with Crippen LogP contribution < -0.4 is 19.7 Å². The number of carbonyl (C=O) groups excluding carboxylic acids is 3. The molecule has 9 heteroatoms. The second kappa shape index (κ2) is 9.03. The van der Waals surface area contributed by atoms with Gasteiger partial charge in [0.1, 0.15) is 19.0 Å². The normalized spacial score (nSPS) is 17.4. The van der Waals surface area contributed by atoms with Crippen molar-refractivity contribution in [2.24, 2.45) is 5.92 Å². The number of hydrogen-bond acceptors (Lipinski definition) is 6. The van der Waals surface area contributed by atoms with E-state index in [1.54, 1.807) is 30.3 Å². The first-order valence-corrected chi connectivity index (χ1v) is 9.87. The lowest BCUT2D eigenvalue weighted by molar-refractivity contribution is -0.152. The maximum Gasteiger partial charge on any atom is 0.311 e. The fraction of sp³-hybridized carbons (Fsp3) is 0.318. The first kappa shape index (κ1) is 20.6. The average Bonchev–Trinajstić information content (AvgIpc) is 3.18. The number of anilines is 1. The number of ether oxygens (including phenoxy) is 3. The maximum absolute atomic E-state index is 12.9. The molecule has 0 aliphatic carbocycles. The van der Waals surface area contributed by atoms with Crippen LogP contribution in [0.15, 0.2) is 42.5 Å². The van der Waals surface area contributed by atoms with Crippen LogP contribution in [-0.2, 0) is 25.7 Å². The molecule has 2 aliphatic rings. The summed E-state index contributed by atoms with van der Waals surface area (Å²) in [6.45, 7) is 0.808. The van der Waals surface area contributed by atoms with Crippen molar-refractivity contribution in [3.05, 3.63) is 53.8 Å². The topological polar surface area (TPSA) is 94.2 Å². The molecule has 8 nitrogen and oxygen atoms in total. The molecule has 4 rings (SSSR count). The van der Waals surface area contributed by atoms with Crippen LogP contribution in [0.2, 0.25) is 0 Å². The van der Waals surface area contributed by atoms with E-state index in [-0.39, 0.29) is 31.2 Å². The molecule has 2 aliphatic heterocycles. The van der Waals surface area contributed by atoms with Gasteiger partial charge in [0.25, 0.3) is 5.91 Å². The van der Waals surface area contributed by atoms with Crippen LogP contribution in [0.1, 0.15) is 12.0 Å². The lowest BCUT2D eigenvalue weighted by Crippen LogP contribution is -2.31. The Labute approximate surface area is 177 Å². The number of hydrogen-bond donors (Lipinski definition) is 1. The van der Waals surface area contributed by atoms with E-state index in [9.17, 15) is 18.8 Å². The van der Waals surface area contributed by atoms with Crippen molar-refractivity contribution in [2.45, 2.75) is 13.0 Å². The fourth-order valence-electron chi connectivity index (χ4n) is 3.42. The van der Waals surface area contributed by atoms with Gasteiger partial charge in [-0.15, -0.1) is 0 Å². The molecular weight excluding hydrogens is 407 g/mol. The SMILES string of the molecule is O=C(COC(=O)C1CC(=O)N(c2ccc3c(c2)OCCO3)C1)NCc1ccc(F)cc1. The van der Waals surface area contributed by atoms with Gasteiger partial charge in [0.2, 0.25) is 5.91 Å². The fourth-order valence-corrected chi connectivity index (χ4v) is 3.42. The van der Waals surface area contributed by atoms with Gasteiger partial charge in [-0.25, -0.2) is 4.39 Å². The third kappa shape index (κ3) is 4.93. The number of carbonyl (C=O) groups is 3. The van der Waals surface area contributed by atoms with Gasteiger partial charge in [-0.2, -0.15) is 0 Å². The predicted octanol–water partition coefficient (Wildman–Crippen LogP) is 1.81. The predicted molar refractivity (Wildman–Crippen MR) is 107 cm³/mol. The van der Waals surface area contributed by atoms with Crippen LogP contribution in [0.4, 0.5) is 10.1 Å². The van der Waals surface area contributed by atoms with E-state index in [1.807, 2.05) is 0 Å². The molecular formula is C22H21FN2O6. The van der Waals surface area contributed by atoms with Gasteiger partial charge in [-0.1, -0.05) is 12.1 Å². The number of nitrogens with one attached hydrogen (secondary N) is 1. The second-order valence-corrected chi connectivity index (χ2v) is 7.24. The van der Waals surface area contributed by atoms with E-state index in [0.29, 0.717) is 30.4 Å². The zero-order chi connectivity index (χ0) is 21.8. The zero-order valence-corrected chi connectivity index (χ0v) is 16.6. The van der Waals surface area contributed by atoms with E-state index in [0.717, 1.165) is 5.56 Å². The summed E-state index contributed by atoms with van der Waals surface area (Å²) in [7, 11) is 0. The molecule has 1 fully saturated rings. The first-order valence-electron chi connectivity index (χ1n) is 9.87. The van der Waals surface area contributed by atoms with E-state index >= 15 is 0 Å². The van der Waals surface area contributed by atoms with Crippen molar-refractivity contribution in [2.75, 3.05) is 31.3 Å². The van der Waals surface area contributed by atoms with Crippen molar-refractivity contribution in [1.82, 2.24) is 5.32 Å². The van der Waals surface area contributed by atoms with Crippen molar-refractivity contribution in [3.8, 4) is 11.5 Å². The number of halogens is 1. The minimum absolute atomic E-state index is 0.00444. The molecule has 2 heterocycles. The Kier molecular flexibility index (Phi) is 6.01. The molecule has 162 valence electrons. The highest BCUT2D eigenvalue weighted by atomic mass is 19.1. The van der Waals surface area contributed by atoms with E-state index in [4.69, 9.17) is 14.2 Å². The van der Waals surface area contributed by atoms with Crippen LogP contribution in [-0.4, -0.2) is 44.1 Å². The molecule has 0 aromatic heterocycles. The molecule has 2 aromatic carbocycles. The third-order valence-corrected chi connectivity index (χ3v) is 5.04. The lowest BCUT2D eigenvalue weighted by Gasteiger charge is -2.22. The smallest absolute Gasteiger partial charge is 0.311 e. The van der Waals surface area contributed by atoms with Gasteiger partial charge in [-0.05, 0) is 29.8 Å². The lowest BCUT2D eigenvalue weighted by atomic mass is 10.1. The number of fused-ring (bicyclic) bond motifs is 1. The Bertz CT molecular complexity index is 994. The maximum atomic E-state index is 12.9. The highest BCUT2D eigenvalue weighted by Gasteiger charge is 2.36. The van der Waals surface area contributed by atoms with Crippen LogP contribution in [0.5, 0.6) is 11.5 Å². The Morgan fingerprint density at radius 2 is 1.84 bits per heavy atom. The van der Waals surface area contributed by atoms with E-state index in [1.165, 1.54) is 17.0 Å². The van der Waals surface area contributed by atoms with Gasteiger partial charge in [0.05, 0.1) is 5.92 Å². The van der Waals surface area contributed by atoms with Gasteiger partial charge in [-0.3, -0.25) is 14.4 Å². The van der Waals surface area contributed by atoms with Crippen molar-refractivity contribution in [1.29, 1.82) is 0 Å². The van der Waals surface area contributed by atoms with E-state index < -0.39 is 24.4 Å². The summed E-state index contributed by atoms with van der Waals surface area (Å²) in [6.07, 6.45) is 0.00444. The summed E-state index contributed by atoms with van der Waals surface area (Å²) in [4.78, 5) is 38.2. The molecule has 0 bridgehead atoms. The number of amides is 2. The van der Waals surface area contributed by atoms with Crippen LogP contribution in [0.3, 0.4) is 0 Å². The monoisotopic (exact) mass is 428 g/mol.